The molecule has 0 atom stereocenters. The van der Waals surface area contributed by atoms with Crippen molar-refractivity contribution in [2.45, 2.75) is 0 Å². The van der Waals surface area contributed by atoms with E-state index in [0.717, 1.165) is 0 Å². The number of hydrogen-bond acceptors (Lipinski definition) is 2. The Morgan fingerprint density at radius 3 is 1.25 bits per heavy atom. The van der Waals surface area contributed by atoms with Crippen molar-refractivity contribution >= 4 is 41.4 Å². The van der Waals surface area contributed by atoms with Crippen LogP contribution in [0.2, 0.25) is 0 Å². The third kappa shape index (κ3) is 10.7. The largest absolute Gasteiger partial charge is 0.344 e. The molecule has 0 amide bonds. The Morgan fingerprint density at radius 1 is 1.25 bits per heavy atom. The average Bonchev–Trinajstić information content (AvgIpc) is 1.00. The second-order valence-electron chi connectivity index (χ2n) is 0. The van der Waals surface area contributed by atoms with Crippen molar-refractivity contribution in [3.63, 3.8) is 0 Å². The molecule has 0 bridgehead atoms. The summed E-state index contributed by atoms with van der Waals surface area (Å²) in [4.78, 5) is 0. The molecule has 23 valence electrons. The first-order valence-electron chi connectivity index (χ1n) is 0.169. The van der Waals surface area contributed by atoms with Gasteiger partial charge < -0.3 is 6.15 Å². The van der Waals surface area contributed by atoms with Gasteiger partial charge in [0.25, 0.3) is 0 Å². The number of halogens is 1. The van der Waals surface area contributed by atoms with Gasteiger partial charge in [0.15, 0.2) is 0 Å². The molecule has 0 aliphatic rings. The first-order chi connectivity index (χ1) is 1.00. The first-order valence-corrected chi connectivity index (χ1v) is 0.507. The van der Waals surface area contributed by atoms with Gasteiger partial charge in [-0.3, -0.25) is 4.66 Å². The van der Waals surface area contributed by atoms with Gasteiger partial charge in [-0.05, 0) is 0 Å². The van der Waals surface area contributed by atoms with Gasteiger partial charge in [-0.15, -0.1) is 0 Å². The number of hydrogen-bond donors (Lipinski definition) is 2. The zero-order valence-electron chi connectivity index (χ0n) is 2.53. The molecule has 0 spiro atoms. The maximum Gasteiger partial charge on any atom is 0.0579 e. The summed E-state index contributed by atoms with van der Waals surface area (Å²) < 4.78 is 6.47. The summed E-state index contributed by atoms with van der Waals surface area (Å²) in [6.07, 6.45) is 0. The second kappa shape index (κ2) is 29.6. The van der Waals surface area contributed by atoms with Crippen LogP contribution in [0.5, 0.6) is 0 Å². The Hall–Kier alpha value is 1.21. The molecule has 2 nitrogen and oxygen atoms in total. The first kappa shape index (κ1) is 18.9. The van der Waals surface area contributed by atoms with Gasteiger partial charge >= 0.3 is 0 Å². The van der Waals surface area contributed by atoms with E-state index in [-0.39, 0.29) is 35.7 Å². The van der Waals surface area contributed by atoms with Gasteiger partial charge in [0, 0.05) is 29.6 Å². The summed E-state index contributed by atoms with van der Waals surface area (Å²) in [5, 5.41) is 0. The van der Waals surface area contributed by atoms with Gasteiger partial charge in [0.1, 0.15) is 0 Å². The Kier molecular flexibility index (Phi) is 140. The maximum atomic E-state index is 6.47. The maximum absolute atomic E-state index is 6.47. The van der Waals surface area contributed by atoms with Crippen molar-refractivity contribution < 1.29 is 4.66 Å². The van der Waals surface area contributed by atoms with Crippen molar-refractivity contribution in [2.75, 3.05) is 0 Å². The molecule has 1 radical (unpaired) electrons. The van der Waals surface area contributed by atoms with Gasteiger partial charge in [-0.2, -0.15) is 0 Å². The fourth-order valence-electron chi connectivity index (χ4n) is 0. The standard InChI is InChI=1S/ClHO.H3N.Na/c1-2;;/h2H;1H3;. The summed E-state index contributed by atoms with van der Waals surface area (Å²) in [6, 6.07) is 0. The van der Waals surface area contributed by atoms with Gasteiger partial charge in [-0.25, -0.2) is 0 Å². The molecule has 0 heterocycles. The van der Waals surface area contributed by atoms with E-state index >= 15 is 0 Å². The van der Waals surface area contributed by atoms with E-state index in [1.54, 1.807) is 0 Å². The van der Waals surface area contributed by atoms with Crippen LogP contribution in [0.15, 0.2) is 0 Å². The van der Waals surface area contributed by atoms with E-state index in [2.05, 4.69) is 11.9 Å². The van der Waals surface area contributed by atoms with Crippen molar-refractivity contribution in [3.8, 4) is 0 Å². The Balaban J connectivity index is -0.00000000500. The molecule has 0 aliphatic carbocycles. The predicted molar refractivity (Wildman–Crippen MR) is 18.8 cm³/mol. The van der Waals surface area contributed by atoms with Crippen molar-refractivity contribution in [3.05, 3.63) is 0 Å². The van der Waals surface area contributed by atoms with Gasteiger partial charge in [0.05, 0.1) is 11.9 Å². The van der Waals surface area contributed by atoms with Crippen LogP contribution in [-0.4, -0.2) is 34.2 Å². The minimum absolute atomic E-state index is 0. The Labute approximate surface area is 52.2 Å². The monoisotopic (exact) mass is 92.0 g/mol. The van der Waals surface area contributed by atoms with Crippen LogP contribution >= 0.6 is 11.9 Å². The average molecular weight is 92.5 g/mol. The van der Waals surface area contributed by atoms with Gasteiger partial charge in [0.2, 0.25) is 0 Å². The molecule has 4 N–H and O–H groups in total. The molecular weight excluding hydrogens is 88.4 g/mol. The molecule has 0 unspecified atom stereocenters. The zero-order valence-corrected chi connectivity index (χ0v) is 5.29. The zero-order chi connectivity index (χ0) is 2.00. The number of rotatable bonds is 0. The van der Waals surface area contributed by atoms with Crippen LogP contribution < -0.4 is 6.15 Å². The predicted octanol–water partition coefficient (Wildman–Crippen LogP) is -0.0863. The third-order valence-electron chi connectivity index (χ3n) is 0. The molecular formula is H4ClNNaO. The molecule has 4 heavy (non-hydrogen) atoms. The fourth-order valence-corrected chi connectivity index (χ4v) is 0. The van der Waals surface area contributed by atoms with Crippen LogP contribution in [0.1, 0.15) is 0 Å². The van der Waals surface area contributed by atoms with Crippen LogP contribution in [0.3, 0.4) is 0 Å². The molecule has 0 saturated carbocycles. The molecule has 0 fully saturated rings. The van der Waals surface area contributed by atoms with E-state index < -0.39 is 0 Å². The summed E-state index contributed by atoms with van der Waals surface area (Å²) in [7, 11) is 0. The van der Waals surface area contributed by atoms with E-state index in [1.165, 1.54) is 0 Å². The van der Waals surface area contributed by atoms with E-state index in [1.807, 2.05) is 0 Å². The van der Waals surface area contributed by atoms with Crippen LogP contribution in [0.4, 0.5) is 0 Å². The third-order valence-corrected chi connectivity index (χ3v) is 0. The van der Waals surface area contributed by atoms with E-state index in [4.69, 9.17) is 4.66 Å². The molecule has 0 aromatic rings. The quantitative estimate of drug-likeness (QED) is 0.411. The summed E-state index contributed by atoms with van der Waals surface area (Å²) in [5.41, 5.74) is 0. The SMILES string of the molecule is N.OCl.[Na]. The van der Waals surface area contributed by atoms with Gasteiger partial charge in [-0.1, -0.05) is 0 Å². The van der Waals surface area contributed by atoms with E-state index in [0.29, 0.717) is 0 Å². The molecule has 0 aliphatic heterocycles. The molecule has 0 saturated heterocycles. The topological polar surface area (TPSA) is 55.2 Å². The second-order valence-corrected chi connectivity index (χ2v) is 0. The normalized spacial score (nSPS) is 1.50. The van der Waals surface area contributed by atoms with Crippen molar-refractivity contribution in [2.24, 2.45) is 0 Å². The van der Waals surface area contributed by atoms with Crippen molar-refractivity contribution in [1.82, 2.24) is 6.15 Å². The van der Waals surface area contributed by atoms with Crippen LogP contribution in [0, 0.1) is 0 Å². The minimum Gasteiger partial charge on any atom is -0.344 e. The smallest absolute Gasteiger partial charge is 0.0579 e. The molecule has 0 aromatic heterocycles. The Morgan fingerprint density at radius 2 is 1.25 bits per heavy atom. The van der Waals surface area contributed by atoms with Crippen molar-refractivity contribution in [1.29, 1.82) is 0 Å². The van der Waals surface area contributed by atoms with Crippen LogP contribution in [0.25, 0.3) is 0 Å². The summed E-state index contributed by atoms with van der Waals surface area (Å²) in [6.45, 7) is 0. The summed E-state index contributed by atoms with van der Waals surface area (Å²) >= 11 is 3.64. The molecule has 4 heteroatoms. The molecule has 0 aromatic carbocycles. The summed E-state index contributed by atoms with van der Waals surface area (Å²) in [5.74, 6) is 0. The Bertz CT molecular complexity index is 8.00. The van der Waals surface area contributed by atoms with Crippen LogP contribution in [-0.2, 0) is 0 Å². The fraction of sp³-hybridized carbons (Fsp3) is 0. The minimum atomic E-state index is 0. The molecule has 0 rings (SSSR count). The van der Waals surface area contributed by atoms with E-state index in [9.17, 15) is 0 Å².